The molecule has 0 spiro atoms. The van der Waals surface area contributed by atoms with E-state index in [2.05, 4.69) is 18.7 Å². The van der Waals surface area contributed by atoms with Gasteiger partial charge in [0.05, 0.1) is 0 Å². The van der Waals surface area contributed by atoms with Crippen molar-refractivity contribution in [2.45, 2.75) is 32.2 Å². The van der Waals surface area contributed by atoms with Crippen LogP contribution in [-0.2, 0) is 10.8 Å². The maximum absolute atomic E-state index is 11.3. The summed E-state index contributed by atoms with van der Waals surface area (Å²) in [5.41, 5.74) is 6.03. The highest BCUT2D eigenvalue weighted by Crippen LogP contribution is 2.24. The fourth-order valence-corrected chi connectivity index (χ4v) is 3.28. The van der Waals surface area contributed by atoms with Crippen molar-refractivity contribution in [3.63, 3.8) is 0 Å². The first kappa shape index (κ1) is 12.1. The molecule has 3 nitrogen and oxygen atoms in total. The Kier molecular flexibility index (Phi) is 4.54. The molecule has 2 N–H and O–H groups in total. The molecule has 0 aromatic rings. The van der Waals surface area contributed by atoms with E-state index in [4.69, 9.17) is 5.73 Å². The summed E-state index contributed by atoms with van der Waals surface area (Å²) in [6.45, 7) is 7.01. The summed E-state index contributed by atoms with van der Waals surface area (Å²) >= 11 is 0. The quantitative estimate of drug-likeness (QED) is 0.750. The first-order valence-electron chi connectivity index (χ1n) is 5.48. The van der Waals surface area contributed by atoms with Crippen molar-refractivity contribution < 1.29 is 4.21 Å². The second kappa shape index (κ2) is 5.24. The molecule has 0 amide bonds. The fourth-order valence-electron chi connectivity index (χ4n) is 2.23. The molecule has 84 valence electrons. The lowest BCUT2D eigenvalue weighted by Gasteiger charge is -2.44. The normalized spacial score (nSPS) is 21.4. The molecule has 1 rings (SSSR count). The third-order valence-electron chi connectivity index (χ3n) is 3.54. The lowest BCUT2D eigenvalue weighted by Crippen LogP contribution is -2.57. The van der Waals surface area contributed by atoms with Crippen molar-refractivity contribution in [1.82, 2.24) is 4.90 Å². The highest BCUT2D eigenvalue weighted by atomic mass is 32.2. The molecule has 0 aromatic carbocycles. The molecule has 14 heavy (non-hydrogen) atoms. The Morgan fingerprint density at radius 2 is 1.79 bits per heavy atom. The van der Waals surface area contributed by atoms with Crippen LogP contribution < -0.4 is 5.73 Å². The fraction of sp³-hybridized carbons (Fsp3) is 1.00. The molecule has 4 heteroatoms. The molecule has 0 aliphatic carbocycles. The molecule has 1 heterocycles. The Balaban J connectivity index is 2.64. The van der Waals surface area contributed by atoms with Gasteiger partial charge in [0.1, 0.15) is 0 Å². The van der Waals surface area contributed by atoms with Gasteiger partial charge in [0.2, 0.25) is 0 Å². The molecule has 0 unspecified atom stereocenters. The van der Waals surface area contributed by atoms with Gasteiger partial charge in [-0.15, -0.1) is 0 Å². The SMILES string of the molecule is CCC(CC)(CN)N1CCS(=O)CC1. The van der Waals surface area contributed by atoms with E-state index in [1.54, 1.807) is 0 Å². The lowest BCUT2D eigenvalue weighted by atomic mass is 9.90. The summed E-state index contributed by atoms with van der Waals surface area (Å²) < 4.78 is 11.3. The molecule has 0 saturated carbocycles. The van der Waals surface area contributed by atoms with Gasteiger partial charge in [0, 0.05) is 47.5 Å². The highest BCUT2D eigenvalue weighted by molar-refractivity contribution is 7.85. The largest absolute Gasteiger partial charge is 0.329 e. The van der Waals surface area contributed by atoms with Crippen molar-refractivity contribution >= 4 is 10.8 Å². The maximum Gasteiger partial charge on any atom is 0.0363 e. The van der Waals surface area contributed by atoms with E-state index in [1.165, 1.54) is 0 Å². The Hall–Kier alpha value is 0.0700. The number of hydrogen-bond donors (Lipinski definition) is 1. The number of nitrogens with two attached hydrogens (primary N) is 1. The molecule has 0 aromatic heterocycles. The minimum absolute atomic E-state index is 0.157. The third-order valence-corrected chi connectivity index (χ3v) is 4.82. The van der Waals surface area contributed by atoms with Gasteiger partial charge in [-0.05, 0) is 12.8 Å². The van der Waals surface area contributed by atoms with Crippen molar-refractivity contribution in [1.29, 1.82) is 0 Å². The van der Waals surface area contributed by atoms with Crippen LogP contribution in [0.3, 0.4) is 0 Å². The summed E-state index contributed by atoms with van der Waals surface area (Å²) in [5.74, 6) is 1.64. The van der Waals surface area contributed by atoms with Gasteiger partial charge in [0.25, 0.3) is 0 Å². The van der Waals surface area contributed by atoms with E-state index in [0.29, 0.717) is 6.54 Å². The van der Waals surface area contributed by atoms with Crippen molar-refractivity contribution in [3.05, 3.63) is 0 Å². The van der Waals surface area contributed by atoms with E-state index >= 15 is 0 Å². The van der Waals surface area contributed by atoms with Crippen molar-refractivity contribution in [2.24, 2.45) is 5.73 Å². The zero-order valence-corrected chi connectivity index (χ0v) is 10.1. The molecule has 1 saturated heterocycles. The predicted octanol–water partition coefficient (Wildman–Crippen LogP) is 0.568. The van der Waals surface area contributed by atoms with Gasteiger partial charge in [-0.25, -0.2) is 0 Å². The van der Waals surface area contributed by atoms with Crippen LogP contribution in [0.1, 0.15) is 26.7 Å². The van der Waals surface area contributed by atoms with E-state index < -0.39 is 10.8 Å². The monoisotopic (exact) mass is 218 g/mol. The minimum Gasteiger partial charge on any atom is -0.329 e. The second-order valence-corrected chi connectivity index (χ2v) is 5.67. The Morgan fingerprint density at radius 1 is 1.29 bits per heavy atom. The van der Waals surface area contributed by atoms with E-state index in [0.717, 1.165) is 37.4 Å². The number of rotatable bonds is 4. The smallest absolute Gasteiger partial charge is 0.0363 e. The van der Waals surface area contributed by atoms with Crippen LogP contribution >= 0.6 is 0 Å². The second-order valence-electron chi connectivity index (χ2n) is 3.97. The topological polar surface area (TPSA) is 46.3 Å². The van der Waals surface area contributed by atoms with Gasteiger partial charge >= 0.3 is 0 Å². The van der Waals surface area contributed by atoms with Gasteiger partial charge < -0.3 is 5.73 Å². The Morgan fingerprint density at radius 3 is 2.14 bits per heavy atom. The zero-order chi connectivity index (χ0) is 10.6. The van der Waals surface area contributed by atoms with Gasteiger partial charge in [-0.2, -0.15) is 0 Å². The average Bonchev–Trinajstić information content (AvgIpc) is 2.24. The molecule has 0 atom stereocenters. The van der Waals surface area contributed by atoms with Gasteiger partial charge in [-0.1, -0.05) is 13.8 Å². The van der Waals surface area contributed by atoms with Crippen LogP contribution in [0.5, 0.6) is 0 Å². The lowest BCUT2D eigenvalue weighted by molar-refractivity contribution is 0.0959. The van der Waals surface area contributed by atoms with E-state index in [-0.39, 0.29) is 5.54 Å². The third kappa shape index (κ3) is 2.35. The van der Waals surface area contributed by atoms with Gasteiger partial charge in [0.15, 0.2) is 0 Å². The maximum atomic E-state index is 11.3. The van der Waals surface area contributed by atoms with Crippen LogP contribution in [0.25, 0.3) is 0 Å². The molecular weight excluding hydrogens is 196 g/mol. The highest BCUT2D eigenvalue weighted by Gasteiger charge is 2.33. The van der Waals surface area contributed by atoms with E-state index in [9.17, 15) is 4.21 Å². The summed E-state index contributed by atoms with van der Waals surface area (Å²) in [4.78, 5) is 2.44. The summed E-state index contributed by atoms with van der Waals surface area (Å²) in [6.07, 6.45) is 2.18. The standard InChI is InChI=1S/C10H22N2OS/c1-3-10(4-2,9-11)12-5-7-14(13)8-6-12/h3-9,11H2,1-2H3. The van der Waals surface area contributed by atoms with Crippen LogP contribution in [0.2, 0.25) is 0 Å². The van der Waals surface area contributed by atoms with E-state index in [1.807, 2.05) is 0 Å². The summed E-state index contributed by atoms with van der Waals surface area (Å²) in [5, 5.41) is 0. The molecule has 0 radical (unpaired) electrons. The number of hydrogen-bond acceptors (Lipinski definition) is 3. The molecule has 0 bridgehead atoms. The summed E-state index contributed by atoms with van der Waals surface area (Å²) in [7, 11) is -0.584. The summed E-state index contributed by atoms with van der Waals surface area (Å²) in [6, 6.07) is 0. The predicted molar refractivity (Wildman–Crippen MR) is 61.8 cm³/mol. The molecular formula is C10H22N2OS. The average molecular weight is 218 g/mol. The van der Waals surface area contributed by atoms with Crippen LogP contribution in [0.4, 0.5) is 0 Å². The van der Waals surface area contributed by atoms with Crippen LogP contribution in [0.15, 0.2) is 0 Å². The Labute approximate surface area is 89.5 Å². The zero-order valence-electron chi connectivity index (χ0n) is 9.29. The van der Waals surface area contributed by atoms with Gasteiger partial charge in [-0.3, -0.25) is 9.11 Å². The first-order chi connectivity index (χ1) is 6.68. The van der Waals surface area contributed by atoms with Crippen molar-refractivity contribution in [3.8, 4) is 0 Å². The molecule has 1 aliphatic heterocycles. The first-order valence-corrected chi connectivity index (χ1v) is 6.97. The Bertz CT molecular complexity index is 186. The minimum atomic E-state index is -0.584. The molecule has 1 aliphatic rings. The number of nitrogens with zero attached hydrogens (tertiary/aromatic N) is 1. The van der Waals surface area contributed by atoms with Crippen LogP contribution in [-0.4, -0.2) is 45.8 Å². The van der Waals surface area contributed by atoms with Crippen molar-refractivity contribution in [2.75, 3.05) is 31.1 Å². The molecule has 1 fully saturated rings. The van der Waals surface area contributed by atoms with Crippen LogP contribution in [0, 0.1) is 0 Å².